The van der Waals surface area contributed by atoms with E-state index in [1.54, 1.807) is 6.08 Å². The van der Waals surface area contributed by atoms with Gasteiger partial charge in [-0.3, -0.25) is 9.80 Å². The lowest BCUT2D eigenvalue weighted by Crippen LogP contribution is -2.53. The van der Waals surface area contributed by atoms with Crippen LogP contribution in [0.25, 0.3) is 11.4 Å². The molecule has 2 atom stereocenters. The average molecular weight is 394 g/mol. The molecule has 1 amide bonds. The van der Waals surface area contributed by atoms with Crippen molar-refractivity contribution in [2.75, 3.05) is 19.6 Å². The number of nitrogens with one attached hydrogen (secondary N) is 3. The summed E-state index contributed by atoms with van der Waals surface area (Å²) < 4.78 is 5.64. The van der Waals surface area contributed by atoms with Gasteiger partial charge in [0.15, 0.2) is 0 Å². The fraction of sp³-hybridized carbons (Fsp3) is 0.476. The second-order valence-corrected chi connectivity index (χ2v) is 8.16. The van der Waals surface area contributed by atoms with Gasteiger partial charge in [-0.1, -0.05) is 28.9 Å². The van der Waals surface area contributed by atoms with Crippen LogP contribution in [0, 0.1) is 19.8 Å². The largest absolute Gasteiger partial charge is 0.338 e. The van der Waals surface area contributed by atoms with Gasteiger partial charge in [0.25, 0.3) is 0 Å². The molecular weight excluding hydrogens is 368 g/mol. The third-order valence-corrected chi connectivity index (χ3v) is 6.13. The zero-order valence-corrected chi connectivity index (χ0v) is 16.7. The molecule has 2 fully saturated rings. The summed E-state index contributed by atoms with van der Waals surface area (Å²) >= 11 is 0. The number of rotatable bonds is 3. The van der Waals surface area contributed by atoms with Crippen molar-refractivity contribution in [1.82, 2.24) is 31.2 Å². The molecule has 3 aliphatic heterocycles. The van der Waals surface area contributed by atoms with Gasteiger partial charge in [-0.25, -0.2) is 5.43 Å². The summed E-state index contributed by atoms with van der Waals surface area (Å²) in [5, 5.41) is 12.8. The smallest absolute Gasteiger partial charge is 0.247 e. The molecule has 2 aromatic rings. The molecule has 152 valence electrons. The van der Waals surface area contributed by atoms with Crippen LogP contribution in [0.4, 0.5) is 0 Å². The van der Waals surface area contributed by atoms with E-state index in [2.05, 4.69) is 57.2 Å². The van der Waals surface area contributed by atoms with Gasteiger partial charge in [0.2, 0.25) is 17.6 Å². The lowest BCUT2D eigenvalue weighted by atomic mass is 9.92. The number of allylic oxidation sites excluding steroid dienone is 1. The lowest BCUT2D eigenvalue weighted by molar-refractivity contribution is -0.119. The highest BCUT2D eigenvalue weighted by atomic mass is 16.5. The molecule has 0 spiro atoms. The first-order valence-corrected chi connectivity index (χ1v) is 10.3. The fourth-order valence-electron chi connectivity index (χ4n) is 4.61. The van der Waals surface area contributed by atoms with Crippen molar-refractivity contribution in [3.63, 3.8) is 0 Å². The molecule has 1 aromatic carbocycles. The van der Waals surface area contributed by atoms with Crippen LogP contribution in [0.3, 0.4) is 0 Å². The van der Waals surface area contributed by atoms with Gasteiger partial charge >= 0.3 is 0 Å². The summed E-state index contributed by atoms with van der Waals surface area (Å²) in [6.07, 6.45) is 3.58. The fourth-order valence-corrected chi connectivity index (χ4v) is 4.61. The molecule has 1 aromatic heterocycles. The predicted molar refractivity (Wildman–Crippen MR) is 107 cm³/mol. The SMILES string of the molecule is Cc1ccc(-c2noc(C3CNN4C(C5CCNCC5)=CC(=O)NC34)n2)c(C)c1. The van der Waals surface area contributed by atoms with E-state index in [0.29, 0.717) is 24.2 Å². The Morgan fingerprint density at radius 1 is 1.21 bits per heavy atom. The number of amides is 1. The summed E-state index contributed by atoms with van der Waals surface area (Å²) in [6, 6.07) is 6.19. The summed E-state index contributed by atoms with van der Waals surface area (Å²) in [5.41, 5.74) is 7.80. The van der Waals surface area contributed by atoms with Gasteiger partial charge < -0.3 is 15.2 Å². The first-order chi connectivity index (χ1) is 14.1. The maximum Gasteiger partial charge on any atom is 0.247 e. The van der Waals surface area contributed by atoms with E-state index < -0.39 is 0 Å². The number of hydrogen-bond acceptors (Lipinski definition) is 7. The minimum atomic E-state index is -0.218. The molecule has 3 N–H and O–H groups in total. The topological polar surface area (TPSA) is 95.3 Å². The molecule has 8 nitrogen and oxygen atoms in total. The Balaban J connectivity index is 1.40. The maximum atomic E-state index is 12.4. The zero-order chi connectivity index (χ0) is 20.0. The third kappa shape index (κ3) is 3.32. The number of benzene rings is 1. The number of carbonyl (C=O) groups excluding carboxylic acids is 1. The maximum absolute atomic E-state index is 12.4. The first kappa shape index (κ1) is 18.3. The molecule has 0 bridgehead atoms. The quantitative estimate of drug-likeness (QED) is 0.728. The lowest BCUT2D eigenvalue weighted by Gasteiger charge is -2.38. The van der Waals surface area contributed by atoms with Crippen LogP contribution in [0.15, 0.2) is 34.5 Å². The normalized spacial score (nSPS) is 25.0. The first-order valence-electron chi connectivity index (χ1n) is 10.3. The molecule has 2 unspecified atom stereocenters. The Bertz CT molecular complexity index is 962. The Morgan fingerprint density at radius 3 is 2.83 bits per heavy atom. The van der Waals surface area contributed by atoms with Crippen molar-refractivity contribution in [1.29, 1.82) is 0 Å². The monoisotopic (exact) mass is 394 g/mol. The number of hydrazine groups is 1. The van der Waals surface area contributed by atoms with E-state index in [9.17, 15) is 4.79 Å². The van der Waals surface area contributed by atoms with E-state index in [-0.39, 0.29) is 18.0 Å². The number of piperidine rings is 1. The van der Waals surface area contributed by atoms with Gasteiger partial charge in [-0.15, -0.1) is 0 Å². The molecule has 5 rings (SSSR count). The Hall–Kier alpha value is -2.71. The van der Waals surface area contributed by atoms with Gasteiger partial charge in [0.05, 0.1) is 5.92 Å². The Labute approximate surface area is 169 Å². The van der Waals surface area contributed by atoms with Crippen LogP contribution in [0.5, 0.6) is 0 Å². The van der Waals surface area contributed by atoms with Gasteiger partial charge in [0, 0.05) is 29.8 Å². The summed E-state index contributed by atoms with van der Waals surface area (Å²) in [7, 11) is 0. The van der Waals surface area contributed by atoms with E-state index in [1.807, 2.05) is 6.07 Å². The van der Waals surface area contributed by atoms with Crippen molar-refractivity contribution >= 4 is 5.91 Å². The second kappa shape index (κ2) is 7.27. The van der Waals surface area contributed by atoms with E-state index in [4.69, 9.17) is 4.52 Å². The highest BCUT2D eigenvalue weighted by molar-refractivity contribution is 5.89. The highest BCUT2D eigenvalue weighted by Gasteiger charge is 2.44. The number of aromatic nitrogens is 2. The zero-order valence-electron chi connectivity index (χ0n) is 16.7. The molecule has 4 heterocycles. The van der Waals surface area contributed by atoms with E-state index in [1.165, 1.54) is 5.56 Å². The molecule has 0 saturated carbocycles. The van der Waals surface area contributed by atoms with Crippen LogP contribution < -0.4 is 16.1 Å². The van der Waals surface area contributed by atoms with Crippen molar-refractivity contribution in [2.24, 2.45) is 5.92 Å². The predicted octanol–water partition coefficient (Wildman–Crippen LogP) is 1.60. The summed E-state index contributed by atoms with van der Waals surface area (Å²) in [5.74, 6) is 1.36. The van der Waals surface area contributed by atoms with Crippen LogP contribution in [0.1, 0.15) is 35.8 Å². The Morgan fingerprint density at radius 2 is 2.03 bits per heavy atom. The van der Waals surface area contributed by atoms with Crippen LogP contribution in [0.2, 0.25) is 0 Å². The van der Waals surface area contributed by atoms with Crippen LogP contribution in [-0.2, 0) is 4.79 Å². The number of nitrogens with zero attached hydrogens (tertiary/aromatic N) is 3. The molecule has 0 radical (unpaired) electrons. The molecule has 29 heavy (non-hydrogen) atoms. The number of hydrogen-bond donors (Lipinski definition) is 3. The van der Waals surface area contributed by atoms with Gasteiger partial charge in [-0.2, -0.15) is 4.98 Å². The van der Waals surface area contributed by atoms with Gasteiger partial charge in [0.1, 0.15) is 6.17 Å². The van der Waals surface area contributed by atoms with Crippen molar-refractivity contribution in [3.05, 3.63) is 47.0 Å². The summed E-state index contributed by atoms with van der Waals surface area (Å²) in [6.45, 7) is 6.72. The summed E-state index contributed by atoms with van der Waals surface area (Å²) in [4.78, 5) is 17.1. The molecule has 8 heteroatoms. The van der Waals surface area contributed by atoms with E-state index in [0.717, 1.165) is 42.8 Å². The number of fused-ring (bicyclic) bond motifs is 1. The standard InChI is InChI=1S/C21H26N6O2/c1-12-3-4-15(13(2)9-12)19-25-21(29-26-19)16-11-23-27-17(10-18(28)24-20(16)27)14-5-7-22-8-6-14/h3-4,9-10,14,16,20,22-23H,5-8,11H2,1-2H3,(H,24,28). The van der Waals surface area contributed by atoms with Crippen LogP contribution >= 0.6 is 0 Å². The average Bonchev–Trinajstić information content (AvgIpc) is 3.35. The minimum absolute atomic E-state index is 0.0531. The Kier molecular flexibility index (Phi) is 4.60. The molecule has 3 aliphatic rings. The van der Waals surface area contributed by atoms with Crippen molar-refractivity contribution in [2.45, 2.75) is 38.8 Å². The number of carbonyl (C=O) groups is 1. The number of aryl methyl sites for hydroxylation is 2. The van der Waals surface area contributed by atoms with Crippen molar-refractivity contribution < 1.29 is 9.32 Å². The van der Waals surface area contributed by atoms with Crippen molar-refractivity contribution in [3.8, 4) is 11.4 Å². The van der Waals surface area contributed by atoms with Crippen LogP contribution in [-0.4, -0.2) is 46.9 Å². The highest BCUT2D eigenvalue weighted by Crippen LogP contribution is 2.35. The minimum Gasteiger partial charge on any atom is -0.338 e. The molecule has 0 aliphatic carbocycles. The van der Waals surface area contributed by atoms with E-state index >= 15 is 0 Å². The third-order valence-electron chi connectivity index (χ3n) is 6.13. The molecular formula is C21H26N6O2. The molecule has 2 saturated heterocycles. The second-order valence-electron chi connectivity index (χ2n) is 8.16. The van der Waals surface area contributed by atoms with Gasteiger partial charge in [-0.05, 0) is 45.3 Å².